The number of pyridine rings is 2. The van der Waals surface area contributed by atoms with Crippen molar-refractivity contribution in [1.82, 2.24) is 34.9 Å². The molecule has 48 heavy (non-hydrogen) atoms. The molecule has 8 rings (SSSR count). The van der Waals surface area contributed by atoms with Gasteiger partial charge in [0, 0.05) is 56.1 Å². The van der Waals surface area contributed by atoms with Crippen LogP contribution in [-0.2, 0) is 41.2 Å². The number of hydrogen-bond acceptors (Lipinski definition) is 9. The van der Waals surface area contributed by atoms with Crippen LogP contribution in [0.2, 0.25) is 0 Å². The van der Waals surface area contributed by atoms with Crippen molar-refractivity contribution in [2.45, 2.75) is 12.8 Å². The molecule has 0 aliphatic carbocycles. The van der Waals surface area contributed by atoms with Gasteiger partial charge in [-0.25, -0.2) is 25.5 Å². The smallest absolute Gasteiger partial charge is 0.124 e. The first kappa shape index (κ1) is 32.8. The summed E-state index contributed by atoms with van der Waals surface area (Å²) in [6, 6.07) is 30.9. The van der Waals surface area contributed by atoms with Crippen LogP contribution in [0.1, 0.15) is 12.8 Å². The van der Waals surface area contributed by atoms with E-state index in [4.69, 9.17) is 0 Å². The Morgan fingerprint density at radius 1 is 0.750 bits per heavy atom. The molecular formula is C35H33IrN12-5. The van der Waals surface area contributed by atoms with Crippen molar-refractivity contribution in [1.29, 1.82) is 0 Å². The summed E-state index contributed by atoms with van der Waals surface area (Å²) in [6.45, 7) is 6.12. The number of fused-ring (bicyclic) bond motifs is 2. The first-order valence-electron chi connectivity index (χ1n) is 15.3. The van der Waals surface area contributed by atoms with E-state index in [1.807, 2.05) is 68.0 Å². The van der Waals surface area contributed by atoms with E-state index in [1.165, 1.54) is 4.68 Å². The van der Waals surface area contributed by atoms with Gasteiger partial charge in [0.25, 0.3) is 0 Å². The fourth-order valence-electron chi connectivity index (χ4n) is 5.56. The Bertz CT molecular complexity index is 1830. The fourth-order valence-corrected chi connectivity index (χ4v) is 5.56. The second-order valence-corrected chi connectivity index (χ2v) is 11.0. The minimum Gasteiger partial charge on any atom is -0.500 e. The van der Waals surface area contributed by atoms with Crippen LogP contribution < -0.4 is 24.3 Å². The standard InChI is InChI=1S/C28H24N6.C7H9N6.Ir/c1-3-11-23(12-4-1)33-21-31(25-15-9-17-29-27(25)33)19-7-8-20-32-22-34(24-13-5-2-6-14-24)28-26(32)16-10-18-30-28;1-11-4-6(8-9-11)7-5-12(2)10-13(7)3;/h1-6,9-11,13,15-18,21-22H,7-8,19-20H2;1-3H3;/q-4;-1;. The molecule has 0 amide bonds. The number of anilines is 6. The van der Waals surface area contributed by atoms with Crippen molar-refractivity contribution >= 4 is 34.4 Å². The van der Waals surface area contributed by atoms with Gasteiger partial charge < -0.3 is 24.3 Å². The number of nitrogens with zero attached hydrogens (tertiary/aromatic N) is 12. The molecule has 0 atom stereocenters. The van der Waals surface area contributed by atoms with Crippen molar-refractivity contribution in [2.24, 2.45) is 21.1 Å². The average Bonchev–Trinajstić information content (AvgIpc) is 3.88. The normalized spacial score (nSPS) is 13.1. The van der Waals surface area contributed by atoms with Gasteiger partial charge in [0.1, 0.15) is 11.6 Å². The van der Waals surface area contributed by atoms with Crippen LogP contribution in [0.5, 0.6) is 0 Å². The quantitative estimate of drug-likeness (QED) is 0.127. The van der Waals surface area contributed by atoms with Gasteiger partial charge in [-0.3, -0.25) is 5.10 Å². The SMILES string of the molecule is Cn1[c-]c(-c2[c-][n+](C)nn2C)nn1.[Ir].[c-]1ccccc1N1[CH-]N(CCCCN2[CH-]N(c3[c-]cccc3)c3ncccc32)c2cccnc21. The number of aromatic nitrogens is 8. The van der Waals surface area contributed by atoms with E-state index in [0.717, 1.165) is 66.0 Å². The van der Waals surface area contributed by atoms with E-state index in [-0.39, 0.29) is 20.1 Å². The first-order chi connectivity index (χ1) is 23.0. The summed E-state index contributed by atoms with van der Waals surface area (Å²) in [5, 5.41) is 11.8. The summed E-state index contributed by atoms with van der Waals surface area (Å²) in [6.07, 6.45) is 11.7. The van der Waals surface area contributed by atoms with Crippen LogP contribution in [0.4, 0.5) is 34.4 Å². The minimum atomic E-state index is 0. The van der Waals surface area contributed by atoms with E-state index in [0.29, 0.717) is 5.69 Å². The molecule has 2 aliphatic heterocycles. The largest absolute Gasteiger partial charge is 0.500 e. The third-order valence-electron chi connectivity index (χ3n) is 7.70. The van der Waals surface area contributed by atoms with Crippen molar-refractivity contribution < 1.29 is 24.8 Å². The van der Waals surface area contributed by atoms with Gasteiger partial charge in [0.05, 0.1) is 14.1 Å². The first-order valence-corrected chi connectivity index (χ1v) is 15.3. The molecule has 0 saturated heterocycles. The maximum Gasteiger partial charge on any atom is 0.124 e. The van der Waals surface area contributed by atoms with E-state index < -0.39 is 0 Å². The predicted octanol–water partition coefficient (Wildman–Crippen LogP) is 4.35. The van der Waals surface area contributed by atoms with Crippen LogP contribution in [0.25, 0.3) is 11.4 Å². The molecule has 2 aromatic carbocycles. The zero-order valence-electron chi connectivity index (χ0n) is 26.8. The Morgan fingerprint density at radius 3 is 1.75 bits per heavy atom. The Labute approximate surface area is 294 Å². The molecule has 2 aliphatic rings. The van der Waals surface area contributed by atoms with Crippen LogP contribution in [-0.4, -0.2) is 47.9 Å². The number of hydrogen-bond donors (Lipinski definition) is 0. The van der Waals surface area contributed by atoms with E-state index in [9.17, 15) is 0 Å². The topological polar surface area (TPSA) is 91.2 Å². The molecule has 0 N–H and O–H groups in total. The van der Waals surface area contributed by atoms with Crippen molar-refractivity contribution in [3.63, 3.8) is 0 Å². The molecule has 0 saturated carbocycles. The van der Waals surface area contributed by atoms with Crippen LogP contribution >= 0.6 is 0 Å². The van der Waals surface area contributed by atoms with Gasteiger partial charge in [-0.15, -0.1) is 16.6 Å². The average molecular weight is 814 g/mol. The molecule has 0 spiro atoms. The Morgan fingerprint density at radius 2 is 1.31 bits per heavy atom. The Kier molecular flexibility index (Phi) is 10.1. The molecule has 0 bridgehead atoms. The number of unbranched alkanes of at least 4 members (excludes halogenated alkanes) is 1. The van der Waals surface area contributed by atoms with Crippen molar-refractivity contribution in [3.8, 4) is 11.4 Å². The number of para-hydroxylation sites is 2. The van der Waals surface area contributed by atoms with E-state index >= 15 is 0 Å². The zero-order chi connectivity index (χ0) is 32.2. The summed E-state index contributed by atoms with van der Waals surface area (Å²) < 4.78 is 4.80. The molecule has 6 heterocycles. The van der Waals surface area contributed by atoms with Crippen molar-refractivity contribution in [3.05, 3.63) is 123 Å². The second kappa shape index (κ2) is 14.7. The molecule has 4 aromatic heterocycles. The maximum absolute atomic E-state index is 4.63. The van der Waals surface area contributed by atoms with Crippen LogP contribution in [0.15, 0.2) is 85.2 Å². The van der Waals surface area contributed by atoms with Crippen LogP contribution in [0, 0.1) is 37.9 Å². The number of rotatable bonds is 8. The summed E-state index contributed by atoms with van der Waals surface area (Å²) in [5.41, 5.74) is 5.69. The van der Waals surface area contributed by atoms with Gasteiger partial charge in [-0.1, -0.05) is 11.9 Å². The molecule has 6 aromatic rings. The van der Waals surface area contributed by atoms with Gasteiger partial charge in [-0.2, -0.15) is 79.7 Å². The maximum atomic E-state index is 4.63. The third kappa shape index (κ3) is 6.92. The Balaban J connectivity index is 0.000000241. The monoisotopic (exact) mass is 814 g/mol. The van der Waals surface area contributed by atoms with Gasteiger partial charge in [0.15, 0.2) is 0 Å². The molecule has 0 unspecified atom stereocenters. The van der Waals surface area contributed by atoms with Crippen LogP contribution in [0.3, 0.4) is 0 Å². The molecule has 247 valence electrons. The van der Waals surface area contributed by atoms with Crippen molar-refractivity contribution in [2.75, 3.05) is 32.7 Å². The molecule has 0 fully saturated rings. The number of aryl methyl sites for hydroxylation is 3. The van der Waals surface area contributed by atoms with Gasteiger partial charge in [0.2, 0.25) is 0 Å². The molecule has 13 heteroatoms. The minimum absolute atomic E-state index is 0. The second-order valence-electron chi connectivity index (χ2n) is 11.0. The number of benzene rings is 2. The fraction of sp³-hybridized carbons (Fsp3) is 0.200. The van der Waals surface area contributed by atoms with E-state index in [1.54, 1.807) is 23.5 Å². The van der Waals surface area contributed by atoms with Gasteiger partial charge >= 0.3 is 0 Å². The summed E-state index contributed by atoms with van der Waals surface area (Å²) >= 11 is 0. The summed E-state index contributed by atoms with van der Waals surface area (Å²) in [4.78, 5) is 18.1. The Hall–Kier alpha value is -5.13. The summed E-state index contributed by atoms with van der Waals surface area (Å²) in [7, 11) is 5.40. The molecule has 1 radical (unpaired) electrons. The zero-order valence-corrected chi connectivity index (χ0v) is 29.2. The van der Waals surface area contributed by atoms with E-state index in [2.05, 4.69) is 107 Å². The summed E-state index contributed by atoms with van der Waals surface area (Å²) in [5.74, 6) is 1.90. The predicted molar refractivity (Wildman–Crippen MR) is 178 cm³/mol. The third-order valence-corrected chi connectivity index (χ3v) is 7.70. The molecule has 12 nitrogen and oxygen atoms in total. The van der Waals surface area contributed by atoms with Gasteiger partial charge in [-0.05, 0) is 50.2 Å². The molecular weight excluding hydrogens is 781 g/mol.